The Kier molecular flexibility index (Phi) is 7.18. The van der Waals surface area contributed by atoms with Gasteiger partial charge in [0.25, 0.3) is 0 Å². The molecule has 0 radical (unpaired) electrons. The smallest absolute Gasteiger partial charge is 0.231 e. The number of likely N-dealkylation sites (N-methyl/N-ethyl adjacent to an activating group) is 1. The number of carbonyl (C=O) groups is 1. The van der Waals surface area contributed by atoms with Gasteiger partial charge in [0.05, 0.1) is 13.2 Å². The van der Waals surface area contributed by atoms with Gasteiger partial charge in [0.1, 0.15) is 12.4 Å². The number of amides is 1. The Bertz CT molecular complexity index is 474. The molecule has 1 aromatic rings. The molecule has 0 spiro atoms. The van der Waals surface area contributed by atoms with Crippen LogP contribution in [0.4, 0.5) is 0 Å². The fourth-order valence-electron chi connectivity index (χ4n) is 1.52. The summed E-state index contributed by atoms with van der Waals surface area (Å²) >= 11 is 0. The molecule has 108 valence electrons. The summed E-state index contributed by atoms with van der Waals surface area (Å²) in [5.41, 5.74) is 5.98. The largest absolute Gasteiger partial charge is 0.492 e. The van der Waals surface area contributed by atoms with Crippen LogP contribution in [0.1, 0.15) is 12.0 Å². The molecule has 5 nitrogen and oxygen atoms in total. The normalized spacial score (nSPS) is 9.95. The molecular weight excluding hydrogens is 256 g/mol. The van der Waals surface area contributed by atoms with E-state index < -0.39 is 0 Å². The van der Waals surface area contributed by atoms with Crippen molar-refractivity contribution in [2.24, 2.45) is 5.73 Å². The van der Waals surface area contributed by atoms with Gasteiger partial charge < -0.3 is 15.6 Å². The lowest BCUT2D eigenvalue weighted by Gasteiger charge is -2.14. The van der Waals surface area contributed by atoms with E-state index in [1.807, 2.05) is 31.3 Å². The van der Waals surface area contributed by atoms with Crippen LogP contribution >= 0.6 is 0 Å². The van der Waals surface area contributed by atoms with E-state index >= 15 is 0 Å². The molecule has 0 aromatic heterocycles. The minimum Gasteiger partial charge on any atom is -0.492 e. The van der Waals surface area contributed by atoms with Gasteiger partial charge in [0.2, 0.25) is 5.91 Å². The molecule has 0 saturated heterocycles. The molecule has 0 aliphatic heterocycles. The number of hydrogen-bond acceptors (Lipinski definition) is 4. The Hall–Kier alpha value is -2.03. The number of aliphatic hydroxyl groups is 1. The maximum Gasteiger partial charge on any atom is 0.231 e. The van der Waals surface area contributed by atoms with Gasteiger partial charge in [-0.05, 0) is 31.3 Å². The molecule has 20 heavy (non-hydrogen) atoms. The molecule has 3 N–H and O–H groups in total. The minimum atomic E-state index is -0.349. The third kappa shape index (κ3) is 6.78. The standard InChI is InChI=1S/C15H20N2O3/c1-17(12-15(16)19)9-11-20-14-7-5-13(6-8-14)4-2-3-10-18/h5-8,18H,3,9-12H2,1H3,(H2,16,19). The number of nitrogens with two attached hydrogens (primary N) is 1. The number of primary amides is 1. The van der Waals surface area contributed by atoms with Crippen LogP contribution in [0.15, 0.2) is 24.3 Å². The molecule has 0 unspecified atom stereocenters. The minimum absolute atomic E-state index is 0.0764. The van der Waals surface area contributed by atoms with Crippen molar-refractivity contribution in [2.75, 3.05) is 33.4 Å². The van der Waals surface area contributed by atoms with Gasteiger partial charge in [-0.2, -0.15) is 0 Å². The molecule has 1 rings (SSSR count). The van der Waals surface area contributed by atoms with E-state index in [1.165, 1.54) is 0 Å². The zero-order valence-corrected chi connectivity index (χ0v) is 11.6. The van der Waals surface area contributed by atoms with Crippen molar-refractivity contribution >= 4 is 5.91 Å². The maximum atomic E-state index is 10.7. The van der Waals surface area contributed by atoms with Crippen LogP contribution in [0.5, 0.6) is 5.75 Å². The molecule has 0 aliphatic carbocycles. The highest BCUT2D eigenvalue weighted by Crippen LogP contribution is 2.11. The van der Waals surface area contributed by atoms with Crippen LogP contribution < -0.4 is 10.5 Å². The van der Waals surface area contributed by atoms with Gasteiger partial charge in [-0.25, -0.2) is 0 Å². The summed E-state index contributed by atoms with van der Waals surface area (Å²) in [6.07, 6.45) is 0.477. The molecule has 0 fully saturated rings. The molecule has 5 heteroatoms. The van der Waals surface area contributed by atoms with Crippen LogP contribution in [0.2, 0.25) is 0 Å². The van der Waals surface area contributed by atoms with Gasteiger partial charge in [-0.3, -0.25) is 9.69 Å². The SMILES string of the molecule is CN(CCOc1ccc(C#CCCO)cc1)CC(N)=O. The van der Waals surface area contributed by atoms with Gasteiger partial charge in [-0.15, -0.1) is 0 Å². The first-order valence-corrected chi connectivity index (χ1v) is 6.41. The molecule has 0 atom stereocenters. The lowest BCUT2D eigenvalue weighted by molar-refractivity contribution is -0.118. The number of benzene rings is 1. The summed E-state index contributed by atoms with van der Waals surface area (Å²) in [5, 5.41) is 8.63. The topological polar surface area (TPSA) is 75.8 Å². The maximum absolute atomic E-state index is 10.7. The fourth-order valence-corrected chi connectivity index (χ4v) is 1.52. The van der Waals surface area contributed by atoms with Crippen molar-refractivity contribution in [1.29, 1.82) is 0 Å². The number of hydrogen-bond donors (Lipinski definition) is 2. The van der Waals surface area contributed by atoms with Crippen LogP contribution in [0.25, 0.3) is 0 Å². The van der Waals surface area contributed by atoms with Crippen molar-refractivity contribution < 1.29 is 14.6 Å². The summed E-state index contributed by atoms with van der Waals surface area (Å²) in [5.74, 6) is 6.21. The predicted molar refractivity (Wildman–Crippen MR) is 77.2 cm³/mol. The predicted octanol–water partition coefficient (Wildman–Crippen LogP) is 0.216. The van der Waals surface area contributed by atoms with Crippen molar-refractivity contribution in [2.45, 2.75) is 6.42 Å². The van der Waals surface area contributed by atoms with Crippen molar-refractivity contribution in [3.8, 4) is 17.6 Å². The molecule has 0 saturated carbocycles. The van der Waals surface area contributed by atoms with E-state index in [9.17, 15) is 4.79 Å². The highest BCUT2D eigenvalue weighted by molar-refractivity contribution is 5.75. The van der Waals surface area contributed by atoms with Crippen molar-refractivity contribution in [3.05, 3.63) is 29.8 Å². The summed E-state index contributed by atoms with van der Waals surface area (Å²) in [6, 6.07) is 7.42. The first-order chi connectivity index (χ1) is 9.61. The first kappa shape index (κ1) is 16.0. The number of rotatable bonds is 7. The number of aliphatic hydroxyl groups excluding tert-OH is 1. The molecule has 1 aromatic carbocycles. The average Bonchev–Trinajstić information content (AvgIpc) is 2.40. The second kappa shape index (κ2) is 8.97. The Labute approximate surface area is 119 Å². The monoisotopic (exact) mass is 276 g/mol. The average molecular weight is 276 g/mol. The number of ether oxygens (including phenoxy) is 1. The molecule has 1 amide bonds. The number of nitrogens with zero attached hydrogens (tertiary/aromatic N) is 1. The molecular formula is C15H20N2O3. The van der Waals surface area contributed by atoms with E-state index in [4.69, 9.17) is 15.6 Å². The number of carbonyl (C=O) groups excluding carboxylic acids is 1. The third-order valence-corrected chi connectivity index (χ3v) is 2.49. The van der Waals surface area contributed by atoms with E-state index in [0.29, 0.717) is 19.6 Å². The Morgan fingerprint density at radius 1 is 1.40 bits per heavy atom. The Morgan fingerprint density at radius 2 is 2.10 bits per heavy atom. The Balaban J connectivity index is 2.35. The summed E-state index contributed by atoms with van der Waals surface area (Å²) in [7, 11) is 1.81. The highest BCUT2D eigenvalue weighted by Gasteiger charge is 2.02. The van der Waals surface area contributed by atoms with Gasteiger partial charge in [0.15, 0.2) is 0 Å². The highest BCUT2D eigenvalue weighted by atomic mass is 16.5. The molecule has 0 heterocycles. The van der Waals surface area contributed by atoms with E-state index in [-0.39, 0.29) is 19.1 Å². The zero-order chi connectivity index (χ0) is 14.8. The lowest BCUT2D eigenvalue weighted by atomic mass is 10.2. The van der Waals surface area contributed by atoms with E-state index in [0.717, 1.165) is 11.3 Å². The molecule has 0 aliphatic rings. The lowest BCUT2D eigenvalue weighted by Crippen LogP contribution is -2.33. The van der Waals surface area contributed by atoms with Crippen LogP contribution in [-0.2, 0) is 4.79 Å². The van der Waals surface area contributed by atoms with E-state index in [2.05, 4.69) is 11.8 Å². The quantitative estimate of drug-likeness (QED) is 0.698. The second-order valence-electron chi connectivity index (χ2n) is 4.35. The molecule has 0 bridgehead atoms. The summed E-state index contributed by atoms with van der Waals surface area (Å²) in [4.78, 5) is 12.5. The third-order valence-electron chi connectivity index (χ3n) is 2.49. The Morgan fingerprint density at radius 3 is 2.70 bits per heavy atom. The van der Waals surface area contributed by atoms with Gasteiger partial charge in [-0.1, -0.05) is 11.8 Å². The summed E-state index contributed by atoms with van der Waals surface area (Å²) in [6.45, 7) is 1.41. The van der Waals surface area contributed by atoms with Crippen LogP contribution in [-0.4, -0.2) is 49.3 Å². The zero-order valence-electron chi connectivity index (χ0n) is 11.6. The van der Waals surface area contributed by atoms with Crippen LogP contribution in [0.3, 0.4) is 0 Å². The second-order valence-corrected chi connectivity index (χ2v) is 4.35. The summed E-state index contributed by atoms with van der Waals surface area (Å²) < 4.78 is 5.56. The van der Waals surface area contributed by atoms with Crippen molar-refractivity contribution in [1.82, 2.24) is 4.90 Å². The van der Waals surface area contributed by atoms with Gasteiger partial charge in [0, 0.05) is 18.5 Å². The first-order valence-electron chi connectivity index (χ1n) is 6.41. The van der Waals surface area contributed by atoms with Crippen LogP contribution in [0, 0.1) is 11.8 Å². The van der Waals surface area contributed by atoms with E-state index in [1.54, 1.807) is 4.90 Å². The fraction of sp³-hybridized carbons (Fsp3) is 0.400. The van der Waals surface area contributed by atoms with Crippen molar-refractivity contribution in [3.63, 3.8) is 0 Å². The van der Waals surface area contributed by atoms with Gasteiger partial charge >= 0.3 is 0 Å².